The van der Waals surface area contributed by atoms with E-state index in [-0.39, 0.29) is 0 Å². The van der Waals surface area contributed by atoms with Gasteiger partial charge in [-0.2, -0.15) is 0 Å². The van der Waals surface area contributed by atoms with Crippen LogP contribution in [0, 0.1) is 11.8 Å². The maximum Gasteiger partial charge on any atom is 0.316 e. The van der Waals surface area contributed by atoms with E-state index in [1.807, 2.05) is 18.2 Å². The van der Waals surface area contributed by atoms with Crippen molar-refractivity contribution >= 4 is 11.7 Å². The maximum atomic E-state index is 10.9. The molecule has 0 bridgehead atoms. The molecule has 2 amide bonds. The normalized spacial score (nSPS) is 23.5. The van der Waals surface area contributed by atoms with Crippen molar-refractivity contribution in [3.05, 3.63) is 29.8 Å². The number of piperidine rings is 1. The molecule has 110 valence electrons. The van der Waals surface area contributed by atoms with Crippen LogP contribution in [0.3, 0.4) is 0 Å². The minimum Gasteiger partial charge on any atom is -0.351 e. The van der Waals surface area contributed by atoms with Crippen LogP contribution in [0.15, 0.2) is 24.3 Å². The van der Waals surface area contributed by atoms with Crippen molar-refractivity contribution in [2.45, 2.75) is 26.7 Å². The second-order valence-electron chi connectivity index (χ2n) is 6.15. The van der Waals surface area contributed by atoms with Crippen LogP contribution in [0.4, 0.5) is 10.5 Å². The van der Waals surface area contributed by atoms with E-state index in [9.17, 15) is 4.79 Å². The molecule has 1 aliphatic rings. The number of anilines is 1. The molecule has 3 N–H and O–H groups in total. The van der Waals surface area contributed by atoms with Gasteiger partial charge in [0.25, 0.3) is 0 Å². The number of hydrogen-bond acceptors (Lipinski definition) is 2. The van der Waals surface area contributed by atoms with Gasteiger partial charge >= 0.3 is 6.03 Å². The van der Waals surface area contributed by atoms with Gasteiger partial charge in [0.2, 0.25) is 0 Å². The topological polar surface area (TPSA) is 58.4 Å². The number of amides is 2. The summed E-state index contributed by atoms with van der Waals surface area (Å²) in [6.07, 6.45) is 2.35. The summed E-state index contributed by atoms with van der Waals surface area (Å²) in [4.78, 5) is 13.4. The Kier molecular flexibility index (Phi) is 5.01. The molecule has 2 atom stereocenters. The van der Waals surface area contributed by atoms with Gasteiger partial charge in [-0.25, -0.2) is 4.79 Å². The molecule has 0 saturated carbocycles. The first-order valence-electron chi connectivity index (χ1n) is 7.40. The maximum absolute atomic E-state index is 10.9. The molecule has 1 saturated heterocycles. The van der Waals surface area contributed by atoms with Crippen LogP contribution in [-0.4, -0.2) is 30.6 Å². The molecule has 20 heavy (non-hydrogen) atoms. The number of carbonyl (C=O) groups excluding carboxylic acids is 1. The molecule has 4 heteroatoms. The fourth-order valence-corrected chi connectivity index (χ4v) is 3.21. The molecule has 0 spiro atoms. The Hall–Kier alpha value is -1.55. The Morgan fingerprint density at radius 2 is 2.05 bits per heavy atom. The molecule has 0 aromatic heterocycles. The van der Waals surface area contributed by atoms with E-state index in [0.29, 0.717) is 0 Å². The van der Waals surface area contributed by atoms with E-state index in [2.05, 4.69) is 30.1 Å². The first kappa shape index (κ1) is 14.9. The molecular formula is C16H25N3O. The number of nitrogens with one attached hydrogen (secondary N) is 1. The number of hydrogen-bond donors (Lipinski definition) is 2. The summed E-state index contributed by atoms with van der Waals surface area (Å²) in [5.41, 5.74) is 7.15. The van der Waals surface area contributed by atoms with Crippen molar-refractivity contribution in [1.82, 2.24) is 4.90 Å². The van der Waals surface area contributed by atoms with Crippen molar-refractivity contribution in [1.29, 1.82) is 0 Å². The number of rotatable bonds is 4. The van der Waals surface area contributed by atoms with Crippen molar-refractivity contribution in [3.8, 4) is 0 Å². The molecular weight excluding hydrogens is 250 g/mol. The van der Waals surface area contributed by atoms with E-state index >= 15 is 0 Å². The van der Waals surface area contributed by atoms with Crippen LogP contribution >= 0.6 is 0 Å². The number of nitrogens with two attached hydrogens (primary N) is 1. The third-order valence-corrected chi connectivity index (χ3v) is 3.86. The highest BCUT2D eigenvalue weighted by Crippen LogP contribution is 2.21. The number of urea groups is 1. The number of primary amides is 1. The van der Waals surface area contributed by atoms with Crippen LogP contribution in [0.5, 0.6) is 0 Å². The SMILES string of the molecule is CC1CC(C)CN(CCc2cccc(NC(N)=O)c2)C1. The van der Waals surface area contributed by atoms with Crippen LogP contribution in [0.2, 0.25) is 0 Å². The van der Waals surface area contributed by atoms with Gasteiger partial charge in [-0.15, -0.1) is 0 Å². The Morgan fingerprint density at radius 1 is 1.35 bits per heavy atom. The summed E-state index contributed by atoms with van der Waals surface area (Å²) in [6.45, 7) is 8.14. The average Bonchev–Trinajstić information content (AvgIpc) is 2.35. The summed E-state index contributed by atoms with van der Waals surface area (Å²) >= 11 is 0. The van der Waals surface area contributed by atoms with Gasteiger partial charge < -0.3 is 16.0 Å². The molecule has 1 aromatic rings. The second kappa shape index (κ2) is 6.75. The zero-order valence-corrected chi connectivity index (χ0v) is 12.4. The standard InChI is InChI=1S/C16H25N3O/c1-12-8-13(2)11-19(10-12)7-6-14-4-3-5-15(9-14)18-16(17)20/h3-5,9,12-13H,6-8,10-11H2,1-2H3,(H3,17,18,20). The van der Waals surface area contributed by atoms with E-state index in [1.165, 1.54) is 25.1 Å². The fraction of sp³-hybridized carbons (Fsp3) is 0.562. The van der Waals surface area contributed by atoms with E-state index in [1.54, 1.807) is 0 Å². The number of nitrogens with zero attached hydrogens (tertiary/aromatic N) is 1. The largest absolute Gasteiger partial charge is 0.351 e. The third-order valence-electron chi connectivity index (χ3n) is 3.86. The quantitative estimate of drug-likeness (QED) is 0.887. The number of carbonyl (C=O) groups is 1. The lowest BCUT2D eigenvalue weighted by Gasteiger charge is -2.35. The fourth-order valence-electron chi connectivity index (χ4n) is 3.21. The monoisotopic (exact) mass is 275 g/mol. The molecule has 1 fully saturated rings. The molecule has 0 radical (unpaired) electrons. The van der Waals surface area contributed by atoms with Crippen LogP contribution in [-0.2, 0) is 6.42 Å². The molecule has 2 rings (SSSR count). The highest BCUT2D eigenvalue weighted by Gasteiger charge is 2.21. The lowest BCUT2D eigenvalue weighted by atomic mass is 9.91. The summed E-state index contributed by atoms with van der Waals surface area (Å²) < 4.78 is 0. The Labute approximate surface area is 121 Å². The Balaban J connectivity index is 1.88. The summed E-state index contributed by atoms with van der Waals surface area (Å²) in [5.74, 6) is 1.59. The van der Waals surface area contributed by atoms with E-state index < -0.39 is 6.03 Å². The molecule has 1 aliphatic heterocycles. The summed E-state index contributed by atoms with van der Waals surface area (Å²) in [5, 5.41) is 2.62. The molecule has 1 aromatic carbocycles. The summed E-state index contributed by atoms with van der Waals surface area (Å²) in [7, 11) is 0. The van der Waals surface area contributed by atoms with Crippen LogP contribution in [0.1, 0.15) is 25.8 Å². The Morgan fingerprint density at radius 3 is 2.70 bits per heavy atom. The lowest BCUT2D eigenvalue weighted by Crippen LogP contribution is -2.39. The number of likely N-dealkylation sites (tertiary alicyclic amines) is 1. The highest BCUT2D eigenvalue weighted by atomic mass is 16.2. The predicted octanol–water partition coefficient (Wildman–Crippen LogP) is 2.70. The first-order valence-corrected chi connectivity index (χ1v) is 7.40. The van der Waals surface area contributed by atoms with Gasteiger partial charge in [0.1, 0.15) is 0 Å². The third kappa shape index (κ3) is 4.53. The summed E-state index contributed by atoms with van der Waals surface area (Å²) in [6, 6.07) is 7.41. The Bertz CT molecular complexity index is 451. The molecule has 1 heterocycles. The van der Waals surface area contributed by atoms with Crippen molar-refractivity contribution < 1.29 is 4.79 Å². The number of benzene rings is 1. The minimum atomic E-state index is -0.513. The average molecular weight is 275 g/mol. The molecule has 4 nitrogen and oxygen atoms in total. The van der Waals surface area contributed by atoms with E-state index in [4.69, 9.17) is 5.73 Å². The van der Waals surface area contributed by atoms with E-state index in [0.717, 1.165) is 30.5 Å². The van der Waals surface area contributed by atoms with Crippen LogP contribution < -0.4 is 11.1 Å². The van der Waals surface area contributed by atoms with Crippen LogP contribution in [0.25, 0.3) is 0 Å². The van der Waals surface area contributed by atoms with Crippen molar-refractivity contribution in [3.63, 3.8) is 0 Å². The zero-order chi connectivity index (χ0) is 14.5. The van der Waals surface area contributed by atoms with Crippen molar-refractivity contribution in [2.75, 3.05) is 25.0 Å². The van der Waals surface area contributed by atoms with Gasteiger partial charge in [0.05, 0.1) is 0 Å². The minimum absolute atomic E-state index is 0.513. The zero-order valence-electron chi connectivity index (χ0n) is 12.4. The van der Waals surface area contributed by atoms with Crippen molar-refractivity contribution in [2.24, 2.45) is 17.6 Å². The van der Waals surface area contributed by atoms with Gasteiger partial charge in [-0.1, -0.05) is 26.0 Å². The molecule has 2 unspecified atom stereocenters. The second-order valence-corrected chi connectivity index (χ2v) is 6.15. The van der Waals surface area contributed by atoms with Gasteiger partial charge in [0.15, 0.2) is 0 Å². The predicted molar refractivity (Wildman–Crippen MR) is 82.7 cm³/mol. The smallest absolute Gasteiger partial charge is 0.316 e. The van der Waals surface area contributed by atoms with Gasteiger partial charge in [0, 0.05) is 25.3 Å². The van der Waals surface area contributed by atoms with Gasteiger partial charge in [-0.05, 0) is 42.4 Å². The first-order chi connectivity index (χ1) is 9.52. The van der Waals surface area contributed by atoms with Gasteiger partial charge in [-0.3, -0.25) is 0 Å². The molecule has 0 aliphatic carbocycles. The lowest BCUT2D eigenvalue weighted by molar-refractivity contribution is 0.142. The highest BCUT2D eigenvalue weighted by molar-refractivity contribution is 5.87.